The van der Waals surface area contributed by atoms with E-state index in [9.17, 15) is 4.79 Å². The zero-order valence-corrected chi connectivity index (χ0v) is 5.55. The van der Waals surface area contributed by atoms with Gasteiger partial charge in [-0.25, -0.2) is 0 Å². The highest BCUT2D eigenvalue weighted by Crippen LogP contribution is 1.94. The van der Waals surface area contributed by atoms with E-state index in [1.54, 1.807) is 0 Å². The molecule has 0 bridgehead atoms. The van der Waals surface area contributed by atoms with Crippen molar-refractivity contribution in [1.29, 1.82) is 0 Å². The van der Waals surface area contributed by atoms with Crippen LogP contribution in [0.15, 0.2) is 0 Å². The van der Waals surface area contributed by atoms with Crippen LogP contribution in [0.2, 0.25) is 0 Å². The second kappa shape index (κ2) is 6.10. The molecule has 0 aliphatic carbocycles. The molecule has 0 amide bonds. The third kappa shape index (κ3) is 6.10. The summed E-state index contributed by atoms with van der Waals surface area (Å²) in [6.07, 6.45) is 5.03. The minimum absolute atomic E-state index is 0.731. The van der Waals surface area contributed by atoms with Crippen LogP contribution in [0.1, 0.15) is 19.3 Å². The highest BCUT2D eigenvalue weighted by Gasteiger charge is 1.80. The normalized spacial score (nSPS) is 8.71. The quantitative estimate of drug-likeness (QED) is 0.308. The molecule has 0 aromatic carbocycles. The van der Waals surface area contributed by atoms with E-state index >= 15 is 0 Å². The molecule has 1 unspecified atom stereocenters. The summed E-state index contributed by atoms with van der Waals surface area (Å²) in [7, 11) is 2.63. The number of carbonyl (C=O) groups excluding carboxylic acids is 1. The summed E-state index contributed by atoms with van der Waals surface area (Å²) in [5.74, 6) is 0. The highest BCUT2D eigenvalue weighted by atomic mass is 31.0. The molecule has 0 aliphatic rings. The highest BCUT2D eigenvalue weighted by molar-refractivity contribution is 7.16. The molecule has 7 heavy (non-hydrogen) atoms. The SMILES string of the molecule is O=CCCCCP. The van der Waals surface area contributed by atoms with Crippen LogP contribution in [-0.4, -0.2) is 12.4 Å². The lowest BCUT2D eigenvalue weighted by molar-refractivity contribution is -0.107. The fourth-order valence-corrected chi connectivity index (χ4v) is 0.661. The Kier molecular flexibility index (Phi) is 6.19. The van der Waals surface area contributed by atoms with E-state index in [1.165, 1.54) is 0 Å². The third-order valence-electron chi connectivity index (χ3n) is 0.776. The molecule has 0 rings (SSSR count). The largest absolute Gasteiger partial charge is 0.303 e. The van der Waals surface area contributed by atoms with Gasteiger partial charge in [-0.3, -0.25) is 0 Å². The van der Waals surface area contributed by atoms with Crippen molar-refractivity contribution in [3.05, 3.63) is 0 Å². The van der Waals surface area contributed by atoms with Crippen LogP contribution in [0.4, 0.5) is 0 Å². The number of carbonyl (C=O) groups is 1. The summed E-state index contributed by atoms with van der Waals surface area (Å²) in [6, 6.07) is 0. The van der Waals surface area contributed by atoms with Gasteiger partial charge in [-0.15, -0.1) is 9.24 Å². The van der Waals surface area contributed by atoms with E-state index in [1.807, 2.05) is 0 Å². The molecule has 0 aliphatic heterocycles. The number of hydrogen-bond donors (Lipinski definition) is 0. The van der Waals surface area contributed by atoms with Crippen molar-refractivity contribution in [2.45, 2.75) is 19.3 Å². The van der Waals surface area contributed by atoms with Crippen LogP contribution in [0.25, 0.3) is 0 Å². The van der Waals surface area contributed by atoms with Gasteiger partial charge in [0.15, 0.2) is 0 Å². The van der Waals surface area contributed by atoms with Crippen molar-refractivity contribution in [1.82, 2.24) is 0 Å². The molecular formula is C5H11OP. The van der Waals surface area contributed by atoms with E-state index in [4.69, 9.17) is 0 Å². The molecule has 42 valence electrons. The lowest BCUT2D eigenvalue weighted by Crippen LogP contribution is -1.76. The van der Waals surface area contributed by atoms with Crippen molar-refractivity contribution >= 4 is 15.5 Å². The van der Waals surface area contributed by atoms with Gasteiger partial charge in [0, 0.05) is 6.42 Å². The third-order valence-corrected chi connectivity index (χ3v) is 1.18. The number of hydrogen-bond acceptors (Lipinski definition) is 1. The van der Waals surface area contributed by atoms with Gasteiger partial charge in [0.05, 0.1) is 0 Å². The first kappa shape index (κ1) is 7.10. The zero-order chi connectivity index (χ0) is 5.54. The smallest absolute Gasteiger partial charge is 0.119 e. The summed E-state index contributed by atoms with van der Waals surface area (Å²) in [4.78, 5) is 9.67. The fourth-order valence-electron chi connectivity index (χ4n) is 0.372. The van der Waals surface area contributed by atoms with Gasteiger partial charge >= 0.3 is 0 Å². The average Bonchev–Trinajstić information content (AvgIpc) is 1.69. The van der Waals surface area contributed by atoms with Crippen LogP contribution in [-0.2, 0) is 4.79 Å². The average molecular weight is 118 g/mol. The Balaban J connectivity index is 2.56. The molecule has 0 fully saturated rings. The van der Waals surface area contributed by atoms with Crippen molar-refractivity contribution in [2.75, 3.05) is 6.16 Å². The van der Waals surface area contributed by atoms with E-state index in [0.717, 1.165) is 31.7 Å². The van der Waals surface area contributed by atoms with Crippen molar-refractivity contribution in [3.8, 4) is 0 Å². The van der Waals surface area contributed by atoms with Crippen molar-refractivity contribution in [2.24, 2.45) is 0 Å². The van der Waals surface area contributed by atoms with Crippen LogP contribution < -0.4 is 0 Å². The predicted molar refractivity (Wildman–Crippen MR) is 34.5 cm³/mol. The monoisotopic (exact) mass is 118 g/mol. The van der Waals surface area contributed by atoms with Crippen LogP contribution in [0, 0.1) is 0 Å². The summed E-state index contributed by atoms with van der Waals surface area (Å²) in [5, 5.41) is 0. The summed E-state index contributed by atoms with van der Waals surface area (Å²) < 4.78 is 0. The van der Waals surface area contributed by atoms with Gasteiger partial charge < -0.3 is 4.79 Å². The van der Waals surface area contributed by atoms with Crippen molar-refractivity contribution in [3.63, 3.8) is 0 Å². The molecule has 0 saturated carbocycles. The van der Waals surface area contributed by atoms with Gasteiger partial charge in [0.25, 0.3) is 0 Å². The number of rotatable bonds is 4. The minimum Gasteiger partial charge on any atom is -0.303 e. The van der Waals surface area contributed by atoms with E-state index < -0.39 is 0 Å². The van der Waals surface area contributed by atoms with E-state index in [-0.39, 0.29) is 0 Å². The number of unbranched alkanes of at least 4 members (excludes halogenated alkanes) is 2. The topological polar surface area (TPSA) is 17.1 Å². The molecule has 0 saturated heterocycles. The van der Waals surface area contributed by atoms with Gasteiger partial charge in [0.2, 0.25) is 0 Å². The van der Waals surface area contributed by atoms with Crippen LogP contribution in [0.3, 0.4) is 0 Å². The molecule has 0 aromatic rings. The Hall–Kier alpha value is 0.100. The second-order valence-electron chi connectivity index (χ2n) is 1.45. The zero-order valence-electron chi connectivity index (χ0n) is 4.39. The van der Waals surface area contributed by atoms with E-state index in [2.05, 4.69) is 9.24 Å². The summed E-state index contributed by atoms with van der Waals surface area (Å²) >= 11 is 0. The van der Waals surface area contributed by atoms with Crippen LogP contribution in [0.5, 0.6) is 0 Å². The molecule has 2 heteroatoms. The summed E-state index contributed by atoms with van der Waals surface area (Å²) in [5.41, 5.74) is 0. The number of aldehydes is 1. The molecule has 0 N–H and O–H groups in total. The maximum atomic E-state index is 9.67. The standard InChI is InChI=1S/C5H11OP/c6-4-2-1-3-5-7/h4H,1-3,5,7H2. The lowest BCUT2D eigenvalue weighted by atomic mass is 10.3. The maximum absolute atomic E-state index is 9.67. The molecule has 0 heterocycles. The Morgan fingerprint density at radius 2 is 2.14 bits per heavy atom. The first-order valence-electron chi connectivity index (χ1n) is 2.55. The van der Waals surface area contributed by atoms with Gasteiger partial charge in [-0.05, 0) is 19.0 Å². The Bertz CT molecular complexity index is 45.3. The first-order chi connectivity index (χ1) is 3.41. The molecule has 0 radical (unpaired) electrons. The Morgan fingerprint density at radius 3 is 2.57 bits per heavy atom. The van der Waals surface area contributed by atoms with Crippen LogP contribution >= 0.6 is 9.24 Å². The molecule has 1 nitrogen and oxygen atoms in total. The molecule has 1 atom stereocenters. The lowest BCUT2D eigenvalue weighted by Gasteiger charge is -1.85. The molecule has 0 aromatic heterocycles. The van der Waals surface area contributed by atoms with E-state index in [0.29, 0.717) is 0 Å². The molecule has 0 spiro atoms. The summed E-state index contributed by atoms with van der Waals surface area (Å²) in [6.45, 7) is 0. The fraction of sp³-hybridized carbons (Fsp3) is 0.800. The Morgan fingerprint density at radius 1 is 1.43 bits per heavy atom. The molecular weight excluding hydrogens is 107 g/mol. The predicted octanol–water partition coefficient (Wildman–Crippen LogP) is 1.23. The van der Waals surface area contributed by atoms with Gasteiger partial charge in [0.1, 0.15) is 6.29 Å². The minimum atomic E-state index is 0.731. The Labute approximate surface area is 46.7 Å². The van der Waals surface area contributed by atoms with Gasteiger partial charge in [-0.1, -0.05) is 0 Å². The first-order valence-corrected chi connectivity index (χ1v) is 3.37. The maximum Gasteiger partial charge on any atom is 0.119 e. The van der Waals surface area contributed by atoms with Gasteiger partial charge in [-0.2, -0.15) is 0 Å². The van der Waals surface area contributed by atoms with Crippen molar-refractivity contribution < 1.29 is 4.79 Å². The second-order valence-corrected chi connectivity index (χ2v) is 2.03.